The second-order valence-electron chi connectivity index (χ2n) is 12.6. The molecule has 0 amide bonds. The fraction of sp³-hybridized carbons (Fsp3) is 0.857. The zero-order valence-electron chi connectivity index (χ0n) is 21.6. The third-order valence-electron chi connectivity index (χ3n) is 11.0. The molecule has 0 spiro atoms. The number of carboxylic acids is 1. The molecule has 2 heterocycles. The molecule has 6 rings (SSSR count). The number of allylic oxidation sites excluding steroid dienone is 1. The monoisotopic (exact) mass is 488 g/mol. The van der Waals surface area contributed by atoms with Gasteiger partial charge in [0.2, 0.25) is 0 Å². The van der Waals surface area contributed by atoms with Gasteiger partial charge in [-0.15, -0.1) is 0 Å². The van der Waals surface area contributed by atoms with Crippen molar-refractivity contribution in [3.8, 4) is 0 Å². The second kappa shape index (κ2) is 7.86. The predicted octanol–water partition coefficient (Wildman–Crippen LogP) is 4.19. The number of aldehydes is 1. The van der Waals surface area contributed by atoms with Gasteiger partial charge in [-0.3, -0.25) is 4.79 Å². The van der Waals surface area contributed by atoms with Gasteiger partial charge < -0.3 is 28.8 Å². The van der Waals surface area contributed by atoms with E-state index in [0.717, 1.165) is 31.1 Å². The lowest BCUT2D eigenvalue weighted by atomic mass is 9.43. The summed E-state index contributed by atoms with van der Waals surface area (Å²) in [5, 5.41) is 11.1. The van der Waals surface area contributed by atoms with E-state index in [1.54, 1.807) is 0 Å². The summed E-state index contributed by atoms with van der Waals surface area (Å²) in [7, 11) is 0. The van der Waals surface area contributed by atoms with Crippen molar-refractivity contribution in [1.29, 1.82) is 0 Å². The van der Waals surface area contributed by atoms with Crippen molar-refractivity contribution in [3.05, 3.63) is 11.6 Å². The van der Waals surface area contributed by atoms with Crippen LogP contribution in [0.2, 0.25) is 0 Å². The minimum atomic E-state index is -1.21. The first-order chi connectivity index (χ1) is 16.6. The van der Waals surface area contributed by atoms with Gasteiger partial charge in [0.05, 0.1) is 24.2 Å². The average Bonchev–Trinajstić information content (AvgIpc) is 3.49. The molecule has 12 atom stereocenters. The minimum Gasteiger partial charge on any atom is -0.481 e. The molecule has 0 radical (unpaired) electrons. The number of carboxylic acid groups (broad SMARTS) is 1. The lowest BCUT2D eigenvalue weighted by molar-refractivity contribution is -0.248. The molecule has 1 N–H and O–H groups in total. The molecule has 7 heteroatoms. The van der Waals surface area contributed by atoms with Crippen LogP contribution in [0.3, 0.4) is 0 Å². The number of hydrogen-bond donors (Lipinski definition) is 1. The maximum absolute atomic E-state index is 13.5. The number of carbonyl (C=O) groups excluding carboxylic acids is 1. The van der Waals surface area contributed by atoms with Gasteiger partial charge in [-0.25, -0.2) is 0 Å². The van der Waals surface area contributed by atoms with Crippen molar-refractivity contribution >= 4 is 12.3 Å². The predicted molar refractivity (Wildman–Crippen MR) is 126 cm³/mol. The molecule has 6 unspecified atom stereocenters. The van der Waals surface area contributed by atoms with E-state index in [1.165, 1.54) is 0 Å². The second-order valence-corrected chi connectivity index (χ2v) is 12.6. The molecule has 0 aromatic heterocycles. The molecule has 2 aliphatic heterocycles. The summed E-state index contributed by atoms with van der Waals surface area (Å²) in [6, 6.07) is 0. The Kier molecular flexibility index (Phi) is 5.41. The summed E-state index contributed by atoms with van der Waals surface area (Å²) in [5.41, 5.74) is -1.77. The van der Waals surface area contributed by atoms with E-state index in [0.29, 0.717) is 24.7 Å². The fourth-order valence-electron chi connectivity index (χ4n) is 9.81. The van der Waals surface area contributed by atoms with Crippen LogP contribution in [0.25, 0.3) is 0 Å². The van der Waals surface area contributed by atoms with Crippen LogP contribution >= 0.6 is 0 Å². The van der Waals surface area contributed by atoms with Gasteiger partial charge in [-0.1, -0.05) is 38.8 Å². The number of fused-ring (bicyclic) bond motifs is 3. The highest BCUT2D eigenvalue weighted by atomic mass is 16.8. The first kappa shape index (κ1) is 24.1. The normalized spacial score (nSPS) is 54.0. The zero-order valence-corrected chi connectivity index (χ0v) is 21.6. The van der Waals surface area contributed by atoms with Crippen molar-refractivity contribution in [1.82, 2.24) is 0 Å². The standard InChI is InChI=1S/C28H40O7/c1-14(2)21-8-18-10-26(12-29)20-7-6-15(3)19(20)11-27(18,28(21,26)25(30)31)13-32-23-9-22-24(16(4)33-23)35-17(5)34-22/h8,12,14-20,22-24H,6-7,9-11,13H2,1-5H3,(H,30,31)/t15-,16-,17?,18?,19-,20-,22+,23?,24-,26?,27?,28?/m1/s1. The Bertz CT molecular complexity index is 946. The van der Waals surface area contributed by atoms with Crippen LogP contribution in [0.5, 0.6) is 0 Å². The van der Waals surface area contributed by atoms with Crippen molar-refractivity contribution in [2.24, 2.45) is 45.8 Å². The van der Waals surface area contributed by atoms with Crippen LogP contribution in [0, 0.1) is 45.8 Å². The fourth-order valence-corrected chi connectivity index (χ4v) is 9.81. The number of carbonyl (C=O) groups is 2. The summed E-state index contributed by atoms with van der Waals surface area (Å²) < 4.78 is 24.6. The SMILES string of the molecule is CC1O[C@H]2[C@H](CC(OCC34C[C@@H]5[C@H](C)CC[C@H]5C5(C=O)CC3C=C(C(C)C)C45C(=O)O)O[C@@H]2C)O1. The van der Waals surface area contributed by atoms with Crippen molar-refractivity contribution in [2.75, 3.05) is 6.61 Å². The Hall–Kier alpha value is -1.28. The average molecular weight is 489 g/mol. The molecular formula is C28H40O7. The third-order valence-corrected chi connectivity index (χ3v) is 11.0. The van der Waals surface area contributed by atoms with E-state index in [4.69, 9.17) is 18.9 Å². The first-order valence-corrected chi connectivity index (χ1v) is 13.6. The molecule has 4 bridgehead atoms. The molecule has 3 saturated carbocycles. The number of aliphatic carboxylic acids is 1. The molecule has 5 fully saturated rings. The van der Waals surface area contributed by atoms with Gasteiger partial charge in [0, 0.05) is 11.8 Å². The number of rotatable bonds is 6. The lowest BCUT2D eigenvalue weighted by Crippen LogP contribution is -2.63. The van der Waals surface area contributed by atoms with Crippen LogP contribution in [0.1, 0.15) is 66.7 Å². The smallest absolute Gasteiger partial charge is 0.315 e. The van der Waals surface area contributed by atoms with Crippen molar-refractivity contribution < 1.29 is 33.6 Å². The molecule has 35 heavy (non-hydrogen) atoms. The molecule has 4 aliphatic carbocycles. The summed E-state index contributed by atoms with van der Waals surface area (Å²) in [6.45, 7) is 10.6. The summed E-state index contributed by atoms with van der Waals surface area (Å²) in [6.07, 6.45) is 6.15. The van der Waals surface area contributed by atoms with E-state index >= 15 is 0 Å². The Labute approximate surface area is 207 Å². The Morgan fingerprint density at radius 1 is 1.20 bits per heavy atom. The van der Waals surface area contributed by atoms with Crippen LogP contribution in [-0.4, -0.2) is 54.9 Å². The summed E-state index contributed by atoms with van der Waals surface area (Å²) in [5.74, 6) is 0.210. The quantitative estimate of drug-likeness (QED) is 0.443. The zero-order chi connectivity index (χ0) is 24.9. The molecular weight excluding hydrogens is 448 g/mol. The maximum Gasteiger partial charge on any atom is 0.315 e. The topological polar surface area (TPSA) is 91.3 Å². The largest absolute Gasteiger partial charge is 0.481 e. The highest BCUT2D eigenvalue weighted by molar-refractivity contribution is 5.90. The lowest BCUT2D eigenvalue weighted by Gasteiger charge is -2.58. The van der Waals surface area contributed by atoms with Crippen LogP contribution in [0.15, 0.2) is 11.6 Å². The van der Waals surface area contributed by atoms with Crippen LogP contribution < -0.4 is 0 Å². The van der Waals surface area contributed by atoms with Crippen molar-refractivity contribution in [3.63, 3.8) is 0 Å². The first-order valence-electron chi connectivity index (χ1n) is 13.6. The van der Waals surface area contributed by atoms with Crippen LogP contribution in [0.4, 0.5) is 0 Å². The van der Waals surface area contributed by atoms with E-state index in [-0.39, 0.29) is 49.0 Å². The number of ether oxygens (including phenoxy) is 4. The summed E-state index contributed by atoms with van der Waals surface area (Å²) >= 11 is 0. The summed E-state index contributed by atoms with van der Waals surface area (Å²) in [4.78, 5) is 26.6. The van der Waals surface area contributed by atoms with Crippen LogP contribution in [-0.2, 0) is 28.5 Å². The molecule has 7 nitrogen and oxygen atoms in total. The van der Waals surface area contributed by atoms with Gasteiger partial charge in [0.1, 0.15) is 17.8 Å². The van der Waals surface area contributed by atoms with Gasteiger partial charge in [-0.05, 0) is 62.7 Å². The highest BCUT2D eigenvalue weighted by Gasteiger charge is 2.84. The van der Waals surface area contributed by atoms with Gasteiger partial charge in [0.15, 0.2) is 12.6 Å². The Morgan fingerprint density at radius 2 is 1.97 bits per heavy atom. The molecule has 0 aromatic rings. The molecule has 2 saturated heterocycles. The molecule has 0 aromatic carbocycles. The third kappa shape index (κ3) is 2.82. The van der Waals surface area contributed by atoms with Crippen molar-refractivity contribution in [2.45, 2.75) is 97.6 Å². The Balaban J connectivity index is 1.38. The number of hydrogen-bond acceptors (Lipinski definition) is 6. The Morgan fingerprint density at radius 3 is 2.66 bits per heavy atom. The highest BCUT2D eigenvalue weighted by Crippen LogP contribution is 2.82. The van der Waals surface area contributed by atoms with E-state index in [2.05, 4.69) is 26.8 Å². The van der Waals surface area contributed by atoms with E-state index < -0.39 is 28.5 Å². The van der Waals surface area contributed by atoms with E-state index in [9.17, 15) is 14.7 Å². The van der Waals surface area contributed by atoms with Gasteiger partial charge >= 0.3 is 5.97 Å². The van der Waals surface area contributed by atoms with Gasteiger partial charge in [-0.2, -0.15) is 0 Å². The van der Waals surface area contributed by atoms with E-state index in [1.807, 2.05) is 13.8 Å². The maximum atomic E-state index is 13.5. The van der Waals surface area contributed by atoms with Gasteiger partial charge in [0.25, 0.3) is 0 Å². The molecule has 194 valence electrons. The minimum absolute atomic E-state index is 0.0267. The molecule has 6 aliphatic rings.